The number of amides is 2. The van der Waals surface area contributed by atoms with E-state index in [2.05, 4.69) is 31.5 Å². The number of carboxylic acid groups (broad SMARTS) is 1. The summed E-state index contributed by atoms with van der Waals surface area (Å²) >= 11 is 4.47. The molecule has 0 aliphatic heterocycles. The van der Waals surface area contributed by atoms with Crippen LogP contribution in [0.4, 0.5) is 9.93 Å². The van der Waals surface area contributed by atoms with Crippen LogP contribution >= 0.6 is 27.3 Å². The quantitative estimate of drug-likeness (QED) is 0.770. The Balaban J connectivity index is 2.59. The van der Waals surface area contributed by atoms with Crippen molar-refractivity contribution in [2.75, 3.05) is 5.32 Å². The molecule has 0 aromatic carbocycles. The fraction of sp³-hybridized carbons (Fsp3) is 0.500. The molecule has 1 rings (SSSR count). The van der Waals surface area contributed by atoms with Crippen LogP contribution < -0.4 is 10.6 Å². The number of rotatable bonds is 5. The highest BCUT2D eigenvalue weighted by molar-refractivity contribution is 9.11. The Kier molecular flexibility index (Phi) is 5.54. The van der Waals surface area contributed by atoms with Gasteiger partial charge in [0.05, 0.1) is 9.98 Å². The zero-order valence-electron chi connectivity index (χ0n) is 9.94. The summed E-state index contributed by atoms with van der Waals surface area (Å²) in [5.74, 6) is -1.18. The van der Waals surface area contributed by atoms with Crippen LogP contribution in [0.25, 0.3) is 0 Å². The third-order valence-corrected chi connectivity index (χ3v) is 3.86. The highest BCUT2D eigenvalue weighted by atomic mass is 79.9. The molecule has 8 heteroatoms. The SMILES string of the molecule is CCC(C)[C@H](NC(=O)Nc1ncc(Br)s1)C(=O)O. The molecular formula is C10H14BrN3O3S. The monoisotopic (exact) mass is 335 g/mol. The van der Waals surface area contributed by atoms with Gasteiger partial charge in [-0.3, -0.25) is 5.32 Å². The van der Waals surface area contributed by atoms with E-state index in [-0.39, 0.29) is 5.92 Å². The van der Waals surface area contributed by atoms with Crippen molar-refractivity contribution in [3.63, 3.8) is 0 Å². The van der Waals surface area contributed by atoms with E-state index in [1.807, 2.05) is 6.92 Å². The second-order valence-electron chi connectivity index (χ2n) is 3.77. The topological polar surface area (TPSA) is 91.3 Å². The fourth-order valence-corrected chi connectivity index (χ4v) is 2.37. The molecule has 0 spiro atoms. The van der Waals surface area contributed by atoms with E-state index < -0.39 is 18.0 Å². The molecule has 0 fully saturated rings. The van der Waals surface area contributed by atoms with Gasteiger partial charge in [-0.25, -0.2) is 14.6 Å². The van der Waals surface area contributed by atoms with E-state index >= 15 is 0 Å². The molecule has 1 aromatic rings. The molecular weight excluding hydrogens is 322 g/mol. The molecule has 0 bridgehead atoms. The molecule has 18 heavy (non-hydrogen) atoms. The first-order valence-electron chi connectivity index (χ1n) is 5.35. The molecule has 100 valence electrons. The molecule has 0 saturated carbocycles. The van der Waals surface area contributed by atoms with Crippen molar-refractivity contribution in [3.05, 3.63) is 9.98 Å². The minimum Gasteiger partial charge on any atom is -0.480 e. The summed E-state index contributed by atoms with van der Waals surface area (Å²) in [4.78, 5) is 26.6. The molecule has 0 radical (unpaired) electrons. The first kappa shape index (κ1) is 14.9. The van der Waals surface area contributed by atoms with Crippen molar-refractivity contribution in [3.8, 4) is 0 Å². The predicted octanol–water partition coefficient (Wildman–Crippen LogP) is 2.53. The van der Waals surface area contributed by atoms with E-state index in [1.165, 1.54) is 11.3 Å². The number of hydrogen-bond acceptors (Lipinski definition) is 4. The molecule has 6 nitrogen and oxygen atoms in total. The van der Waals surface area contributed by atoms with Crippen LogP contribution in [0.15, 0.2) is 9.98 Å². The highest BCUT2D eigenvalue weighted by Crippen LogP contribution is 2.22. The third kappa shape index (κ3) is 4.26. The van der Waals surface area contributed by atoms with Crippen molar-refractivity contribution < 1.29 is 14.7 Å². The summed E-state index contributed by atoms with van der Waals surface area (Å²) < 4.78 is 0.787. The molecule has 0 aliphatic rings. The van der Waals surface area contributed by atoms with Crippen LogP contribution in [-0.4, -0.2) is 28.1 Å². The van der Waals surface area contributed by atoms with Crippen LogP contribution in [0.1, 0.15) is 20.3 Å². The molecule has 2 amide bonds. The van der Waals surface area contributed by atoms with Gasteiger partial charge in [0.1, 0.15) is 6.04 Å². The number of urea groups is 1. The molecule has 1 heterocycles. The smallest absolute Gasteiger partial charge is 0.326 e. The summed E-state index contributed by atoms with van der Waals surface area (Å²) in [7, 11) is 0. The van der Waals surface area contributed by atoms with Crippen molar-refractivity contribution in [1.29, 1.82) is 0 Å². The average molecular weight is 336 g/mol. The number of halogens is 1. The molecule has 0 saturated heterocycles. The number of carbonyl (C=O) groups excluding carboxylic acids is 1. The second-order valence-corrected chi connectivity index (χ2v) is 6.18. The van der Waals surface area contributed by atoms with Gasteiger partial charge in [-0.15, -0.1) is 0 Å². The highest BCUT2D eigenvalue weighted by Gasteiger charge is 2.25. The lowest BCUT2D eigenvalue weighted by Crippen LogP contribution is -2.46. The molecule has 0 aliphatic carbocycles. The molecule has 2 atom stereocenters. The minimum atomic E-state index is -1.04. The van der Waals surface area contributed by atoms with Gasteiger partial charge in [-0.05, 0) is 21.8 Å². The summed E-state index contributed by atoms with van der Waals surface area (Å²) in [6.45, 7) is 3.65. The van der Waals surface area contributed by atoms with E-state index in [4.69, 9.17) is 5.11 Å². The number of anilines is 1. The summed E-state index contributed by atoms with van der Waals surface area (Å²) in [5, 5.41) is 14.4. The van der Waals surface area contributed by atoms with Crippen LogP contribution in [-0.2, 0) is 4.79 Å². The normalized spacial score (nSPS) is 13.7. The van der Waals surface area contributed by atoms with Gasteiger partial charge in [0, 0.05) is 0 Å². The Labute approximate surface area is 117 Å². The van der Waals surface area contributed by atoms with Crippen LogP contribution in [0.5, 0.6) is 0 Å². The summed E-state index contributed by atoms with van der Waals surface area (Å²) in [6.07, 6.45) is 2.23. The third-order valence-electron chi connectivity index (χ3n) is 2.46. The zero-order valence-corrected chi connectivity index (χ0v) is 12.3. The van der Waals surface area contributed by atoms with Crippen LogP contribution in [0.3, 0.4) is 0 Å². The van der Waals surface area contributed by atoms with Gasteiger partial charge in [-0.2, -0.15) is 0 Å². The largest absolute Gasteiger partial charge is 0.480 e. The first-order chi connectivity index (χ1) is 8.43. The number of nitrogens with one attached hydrogen (secondary N) is 2. The Morgan fingerprint density at radius 3 is 2.72 bits per heavy atom. The number of thiazole rings is 1. The second kappa shape index (κ2) is 6.69. The zero-order chi connectivity index (χ0) is 13.7. The van der Waals surface area contributed by atoms with Gasteiger partial charge in [-0.1, -0.05) is 31.6 Å². The predicted molar refractivity (Wildman–Crippen MR) is 72.8 cm³/mol. The summed E-state index contributed by atoms with van der Waals surface area (Å²) in [5.41, 5.74) is 0. The maximum atomic E-state index is 11.6. The van der Waals surface area contributed by atoms with E-state index in [0.717, 1.165) is 3.79 Å². The van der Waals surface area contributed by atoms with Gasteiger partial charge in [0.2, 0.25) is 0 Å². The minimum absolute atomic E-state index is 0.142. The number of carboxylic acids is 1. The van der Waals surface area contributed by atoms with Crippen LogP contribution in [0, 0.1) is 5.92 Å². The van der Waals surface area contributed by atoms with E-state index in [9.17, 15) is 9.59 Å². The Morgan fingerprint density at radius 1 is 1.61 bits per heavy atom. The Hall–Kier alpha value is -1.15. The van der Waals surface area contributed by atoms with Crippen molar-refractivity contribution in [1.82, 2.24) is 10.3 Å². The van der Waals surface area contributed by atoms with E-state index in [0.29, 0.717) is 11.6 Å². The first-order valence-corrected chi connectivity index (χ1v) is 6.96. The summed E-state index contributed by atoms with van der Waals surface area (Å²) in [6, 6.07) is -1.47. The number of aliphatic carboxylic acids is 1. The van der Waals surface area contributed by atoms with Gasteiger partial charge >= 0.3 is 12.0 Å². The molecule has 1 unspecified atom stereocenters. The van der Waals surface area contributed by atoms with Gasteiger partial charge in [0.15, 0.2) is 5.13 Å². The van der Waals surface area contributed by atoms with E-state index in [1.54, 1.807) is 13.1 Å². The van der Waals surface area contributed by atoms with Crippen molar-refractivity contribution >= 4 is 44.4 Å². The lowest BCUT2D eigenvalue weighted by molar-refractivity contribution is -0.140. The number of aromatic nitrogens is 1. The van der Waals surface area contributed by atoms with Crippen molar-refractivity contribution in [2.45, 2.75) is 26.3 Å². The molecule has 3 N–H and O–H groups in total. The standard InChI is InChI=1S/C10H14BrN3O3S/c1-3-5(2)7(8(15)16)13-9(17)14-10-12-4-6(11)18-10/h4-5,7H,3H2,1-2H3,(H,15,16)(H2,12,13,14,17)/t5?,7-/m0/s1. The lowest BCUT2D eigenvalue weighted by atomic mass is 10.00. The lowest BCUT2D eigenvalue weighted by Gasteiger charge is -2.19. The van der Waals surface area contributed by atoms with Crippen LogP contribution in [0.2, 0.25) is 0 Å². The van der Waals surface area contributed by atoms with Crippen molar-refractivity contribution in [2.24, 2.45) is 5.92 Å². The number of hydrogen-bond donors (Lipinski definition) is 3. The maximum Gasteiger partial charge on any atom is 0.326 e. The maximum absolute atomic E-state index is 11.6. The van der Waals surface area contributed by atoms with Gasteiger partial charge < -0.3 is 10.4 Å². The number of nitrogens with zero attached hydrogens (tertiary/aromatic N) is 1. The van der Waals surface area contributed by atoms with Gasteiger partial charge in [0.25, 0.3) is 0 Å². The fourth-order valence-electron chi connectivity index (χ4n) is 1.27. The Bertz CT molecular complexity index is 438. The number of carbonyl (C=O) groups is 2. The Morgan fingerprint density at radius 2 is 2.28 bits per heavy atom. The molecule has 1 aromatic heterocycles. The average Bonchev–Trinajstić information content (AvgIpc) is 2.70.